The molecule has 0 saturated heterocycles. The highest BCUT2D eigenvalue weighted by atomic mass is 79.9. The molecular formula is C9H7BrClN3S. The highest BCUT2D eigenvalue weighted by Gasteiger charge is 2.03. The molecular weight excluding hydrogens is 298 g/mol. The Morgan fingerprint density at radius 2 is 2.40 bits per heavy atom. The zero-order valence-corrected chi connectivity index (χ0v) is 10.7. The van der Waals surface area contributed by atoms with E-state index in [1.165, 1.54) is 5.56 Å². The lowest BCUT2D eigenvalue weighted by atomic mass is 10.3. The number of nitrogens with one attached hydrogen (secondary N) is 1. The maximum atomic E-state index is 5.70. The Kier molecular flexibility index (Phi) is 3.56. The van der Waals surface area contributed by atoms with Gasteiger partial charge in [0.05, 0.1) is 4.47 Å². The fourth-order valence-electron chi connectivity index (χ4n) is 1.05. The zero-order valence-electron chi connectivity index (χ0n) is 7.58. The third-order valence-corrected chi connectivity index (χ3v) is 3.25. The number of halogens is 2. The number of anilines is 1. The first kappa shape index (κ1) is 10.9. The first-order valence-corrected chi connectivity index (χ1v) is 6.30. The fraction of sp³-hybridized carbons (Fsp3) is 0.111. The van der Waals surface area contributed by atoms with Crippen LogP contribution in [0.25, 0.3) is 0 Å². The van der Waals surface area contributed by atoms with Crippen LogP contribution in [-0.2, 0) is 6.54 Å². The molecule has 6 heteroatoms. The second-order valence-corrected chi connectivity index (χ2v) is 4.79. The monoisotopic (exact) mass is 303 g/mol. The average molecular weight is 305 g/mol. The lowest BCUT2D eigenvalue weighted by Gasteiger charge is -2.05. The van der Waals surface area contributed by atoms with Gasteiger partial charge in [-0.3, -0.25) is 0 Å². The molecule has 0 aliphatic rings. The standard InChI is InChI=1S/C9H7BrClN3S/c10-7-4-13-9(11)14-8(7)12-3-6-1-2-15-5-6/h1-2,4-5H,3H2,(H,12,13,14). The van der Waals surface area contributed by atoms with Gasteiger partial charge < -0.3 is 5.32 Å². The van der Waals surface area contributed by atoms with E-state index in [1.807, 2.05) is 5.38 Å². The van der Waals surface area contributed by atoms with E-state index in [-0.39, 0.29) is 5.28 Å². The molecule has 0 fully saturated rings. The lowest BCUT2D eigenvalue weighted by molar-refractivity contribution is 1.08. The number of aromatic nitrogens is 2. The molecule has 0 unspecified atom stereocenters. The lowest BCUT2D eigenvalue weighted by Crippen LogP contribution is -2.01. The second kappa shape index (κ2) is 4.92. The van der Waals surface area contributed by atoms with E-state index in [1.54, 1.807) is 17.5 Å². The first-order valence-electron chi connectivity index (χ1n) is 4.18. The van der Waals surface area contributed by atoms with Crippen LogP contribution in [0.4, 0.5) is 5.82 Å². The Morgan fingerprint density at radius 1 is 1.53 bits per heavy atom. The maximum Gasteiger partial charge on any atom is 0.224 e. The molecule has 3 nitrogen and oxygen atoms in total. The summed E-state index contributed by atoms with van der Waals surface area (Å²) in [5.41, 5.74) is 1.22. The molecule has 15 heavy (non-hydrogen) atoms. The molecule has 2 aromatic rings. The van der Waals surface area contributed by atoms with E-state index in [2.05, 4.69) is 42.7 Å². The molecule has 78 valence electrons. The van der Waals surface area contributed by atoms with Crippen molar-refractivity contribution in [2.75, 3.05) is 5.32 Å². The van der Waals surface area contributed by atoms with Crippen molar-refractivity contribution >= 4 is 44.7 Å². The van der Waals surface area contributed by atoms with Crippen LogP contribution in [0.3, 0.4) is 0 Å². The molecule has 2 heterocycles. The summed E-state index contributed by atoms with van der Waals surface area (Å²) < 4.78 is 0.808. The third kappa shape index (κ3) is 2.90. The van der Waals surface area contributed by atoms with Crippen molar-refractivity contribution in [3.63, 3.8) is 0 Å². The van der Waals surface area contributed by atoms with Gasteiger partial charge in [0.25, 0.3) is 0 Å². The number of hydrogen-bond acceptors (Lipinski definition) is 4. The number of thiophene rings is 1. The van der Waals surface area contributed by atoms with Crippen molar-refractivity contribution in [3.05, 3.63) is 38.3 Å². The van der Waals surface area contributed by atoms with Crippen LogP contribution in [0.2, 0.25) is 5.28 Å². The van der Waals surface area contributed by atoms with Crippen molar-refractivity contribution in [3.8, 4) is 0 Å². The third-order valence-electron chi connectivity index (χ3n) is 1.75. The topological polar surface area (TPSA) is 37.8 Å². The molecule has 2 aromatic heterocycles. The summed E-state index contributed by atoms with van der Waals surface area (Å²) in [6.45, 7) is 0.732. The summed E-state index contributed by atoms with van der Waals surface area (Å²) in [4.78, 5) is 7.93. The first-order chi connectivity index (χ1) is 7.25. The summed E-state index contributed by atoms with van der Waals surface area (Å²) in [5, 5.41) is 7.55. The molecule has 0 aliphatic carbocycles. The van der Waals surface area contributed by atoms with E-state index in [0.29, 0.717) is 5.82 Å². The van der Waals surface area contributed by atoms with Crippen LogP contribution < -0.4 is 5.32 Å². The molecule has 0 radical (unpaired) electrons. The van der Waals surface area contributed by atoms with Gasteiger partial charge in [0.1, 0.15) is 5.82 Å². The summed E-state index contributed by atoms with van der Waals surface area (Å²) in [7, 11) is 0. The van der Waals surface area contributed by atoms with E-state index < -0.39 is 0 Å². The van der Waals surface area contributed by atoms with Gasteiger partial charge in [-0.15, -0.1) is 0 Å². The summed E-state index contributed by atoms with van der Waals surface area (Å²) in [6.07, 6.45) is 1.63. The van der Waals surface area contributed by atoms with Gasteiger partial charge in [-0.2, -0.15) is 16.3 Å². The molecule has 2 rings (SSSR count). The van der Waals surface area contributed by atoms with Gasteiger partial charge in [-0.1, -0.05) is 0 Å². The maximum absolute atomic E-state index is 5.70. The highest BCUT2D eigenvalue weighted by molar-refractivity contribution is 9.10. The van der Waals surface area contributed by atoms with Crippen LogP contribution in [0.15, 0.2) is 27.5 Å². The molecule has 0 amide bonds. The zero-order chi connectivity index (χ0) is 10.7. The number of nitrogens with zero attached hydrogens (tertiary/aromatic N) is 2. The predicted molar refractivity (Wildman–Crippen MR) is 66.4 cm³/mol. The second-order valence-electron chi connectivity index (χ2n) is 2.82. The number of rotatable bonds is 3. The molecule has 0 saturated carbocycles. The molecule has 0 atom stereocenters. The summed E-state index contributed by atoms with van der Waals surface area (Å²) >= 11 is 10.7. The molecule has 0 aliphatic heterocycles. The van der Waals surface area contributed by atoms with Crippen molar-refractivity contribution in [2.45, 2.75) is 6.54 Å². The summed E-state index contributed by atoms with van der Waals surface area (Å²) in [6, 6.07) is 2.06. The Balaban J connectivity index is 2.07. The molecule has 1 N–H and O–H groups in total. The predicted octanol–water partition coefficient (Wildman–Crippen LogP) is 3.57. The average Bonchev–Trinajstić information content (AvgIpc) is 2.72. The van der Waals surface area contributed by atoms with Gasteiger partial charge in [-0.05, 0) is 49.9 Å². The molecule has 0 aromatic carbocycles. The van der Waals surface area contributed by atoms with Crippen LogP contribution in [0, 0.1) is 0 Å². The minimum atomic E-state index is 0.242. The minimum absolute atomic E-state index is 0.242. The van der Waals surface area contributed by atoms with Crippen molar-refractivity contribution < 1.29 is 0 Å². The normalized spacial score (nSPS) is 10.3. The van der Waals surface area contributed by atoms with E-state index in [4.69, 9.17) is 11.6 Å². The van der Waals surface area contributed by atoms with Gasteiger partial charge in [-0.25, -0.2) is 4.98 Å². The highest BCUT2D eigenvalue weighted by Crippen LogP contribution is 2.20. The minimum Gasteiger partial charge on any atom is -0.365 e. The van der Waals surface area contributed by atoms with E-state index >= 15 is 0 Å². The quantitative estimate of drug-likeness (QED) is 0.881. The van der Waals surface area contributed by atoms with Crippen molar-refractivity contribution in [1.29, 1.82) is 0 Å². The van der Waals surface area contributed by atoms with Gasteiger partial charge in [0.15, 0.2) is 0 Å². The Hall–Kier alpha value is -0.650. The van der Waals surface area contributed by atoms with Gasteiger partial charge >= 0.3 is 0 Å². The van der Waals surface area contributed by atoms with E-state index in [0.717, 1.165) is 11.0 Å². The Labute approximate surface area is 105 Å². The van der Waals surface area contributed by atoms with Crippen molar-refractivity contribution in [2.24, 2.45) is 0 Å². The molecule has 0 bridgehead atoms. The summed E-state index contributed by atoms with van der Waals surface area (Å²) in [5.74, 6) is 0.709. The van der Waals surface area contributed by atoms with Crippen LogP contribution in [0.1, 0.15) is 5.56 Å². The molecule has 0 spiro atoms. The van der Waals surface area contributed by atoms with Crippen LogP contribution in [-0.4, -0.2) is 9.97 Å². The number of hydrogen-bond donors (Lipinski definition) is 1. The van der Waals surface area contributed by atoms with Gasteiger partial charge in [0.2, 0.25) is 5.28 Å². The van der Waals surface area contributed by atoms with Gasteiger partial charge in [0, 0.05) is 12.7 Å². The van der Waals surface area contributed by atoms with Crippen molar-refractivity contribution in [1.82, 2.24) is 9.97 Å². The van der Waals surface area contributed by atoms with Crippen LogP contribution in [0.5, 0.6) is 0 Å². The Morgan fingerprint density at radius 3 is 3.13 bits per heavy atom. The van der Waals surface area contributed by atoms with Crippen LogP contribution >= 0.6 is 38.9 Å². The SMILES string of the molecule is Clc1ncc(Br)c(NCc2ccsc2)n1. The smallest absolute Gasteiger partial charge is 0.224 e. The largest absolute Gasteiger partial charge is 0.365 e. The fourth-order valence-corrected chi connectivity index (χ4v) is 2.18. The van der Waals surface area contributed by atoms with E-state index in [9.17, 15) is 0 Å². The Bertz CT molecular complexity index is 447.